The fourth-order valence-corrected chi connectivity index (χ4v) is 4.14. The number of sulfonamides is 1. The molecule has 1 fully saturated rings. The largest absolute Gasteiger partial charge is 0.352 e. The van der Waals surface area contributed by atoms with E-state index < -0.39 is 10.0 Å². The predicted molar refractivity (Wildman–Crippen MR) is 108 cm³/mol. The highest BCUT2D eigenvalue weighted by molar-refractivity contribution is 7.89. The molecule has 0 radical (unpaired) electrons. The van der Waals surface area contributed by atoms with Crippen molar-refractivity contribution in [3.05, 3.63) is 41.5 Å². The number of nitrogens with zero attached hydrogens (tertiary/aromatic N) is 3. The van der Waals surface area contributed by atoms with Crippen LogP contribution in [0.25, 0.3) is 0 Å². The third-order valence-electron chi connectivity index (χ3n) is 4.77. The number of carbonyl (C=O) groups is 1. The summed E-state index contributed by atoms with van der Waals surface area (Å²) in [4.78, 5) is 14.7. The van der Waals surface area contributed by atoms with Crippen molar-refractivity contribution in [2.24, 2.45) is 0 Å². The lowest BCUT2D eigenvalue weighted by molar-refractivity contribution is -0.122. The quantitative estimate of drug-likeness (QED) is 0.699. The number of piperidine rings is 1. The van der Waals surface area contributed by atoms with Crippen LogP contribution in [0, 0.1) is 11.3 Å². The van der Waals surface area contributed by atoms with Gasteiger partial charge in [-0.2, -0.15) is 9.57 Å². The number of rotatable bonds is 7. The molecule has 2 rings (SSSR count). The van der Waals surface area contributed by atoms with Crippen LogP contribution in [0.2, 0.25) is 0 Å². The molecule has 28 heavy (non-hydrogen) atoms. The van der Waals surface area contributed by atoms with Gasteiger partial charge in [-0.3, -0.25) is 9.69 Å². The lowest BCUT2D eigenvalue weighted by atomic mass is 10.0. The molecule has 0 spiro atoms. The molecule has 0 aliphatic carbocycles. The van der Waals surface area contributed by atoms with Gasteiger partial charge in [0.05, 0.1) is 23.1 Å². The number of likely N-dealkylation sites (tertiary alicyclic amines) is 1. The molecule has 0 unspecified atom stereocenters. The molecule has 1 aromatic carbocycles. The fraction of sp³-hybridized carbons (Fsp3) is 0.500. The Morgan fingerprint density at radius 3 is 2.43 bits per heavy atom. The van der Waals surface area contributed by atoms with Gasteiger partial charge in [-0.15, -0.1) is 0 Å². The summed E-state index contributed by atoms with van der Waals surface area (Å²) in [5.74, 6) is -0.303. The average Bonchev–Trinajstić information content (AvgIpc) is 2.67. The number of nitrogens with one attached hydrogen (secondary N) is 1. The molecule has 1 saturated heterocycles. The third-order valence-corrected chi connectivity index (χ3v) is 6.59. The zero-order chi connectivity index (χ0) is 20.7. The van der Waals surface area contributed by atoms with Gasteiger partial charge < -0.3 is 5.32 Å². The van der Waals surface area contributed by atoms with Gasteiger partial charge in [-0.05, 0) is 51.0 Å². The Kier molecular flexibility index (Phi) is 7.75. The molecule has 0 bridgehead atoms. The lowest BCUT2D eigenvalue weighted by Gasteiger charge is -2.32. The second kappa shape index (κ2) is 9.82. The molecule has 1 amide bonds. The molecule has 152 valence electrons. The SMILES string of the molecule is CC(C)=CCN1CCC(NC(=O)CN(C)S(=O)(=O)c2ccc(C#N)cc2)CC1. The molecule has 0 saturated carbocycles. The molecule has 7 nitrogen and oxygen atoms in total. The number of hydrogen-bond donors (Lipinski definition) is 1. The van der Waals surface area contributed by atoms with Gasteiger partial charge in [0.2, 0.25) is 15.9 Å². The van der Waals surface area contributed by atoms with Crippen LogP contribution in [0.5, 0.6) is 0 Å². The Balaban J connectivity index is 1.85. The summed E-state index contributed by atoms with van der Waals surface area (Å²) >= 11 is 0. The van der Waals surface area contributed by atoms with E-state index >= 15 is 0 Å². The number of carbonyl (C=O) groups excluding carboxylic acids is 1. The second-order valence-corrected chi connectivity index (χ2v) is 9.37. The van der Waals surface area contributed by atoms with Crippen molar-refractivity contribution >= 4 is 15.9 Å². The molecule has 1 heterocycles. The van der Waals surface area contributed by atoms with E-state index in [1.54, 1.807) is 0 Å². The van der Waals surface area contributed by atoms with Crippen LogP contribution >= 0.6 is 0 Å². The Morgan fingerprint density at radius 2 is 1.89 bits per heavy atom. The first-order chi connectivity index (χ1) is 13.2. The molecule has 1 N–H and O–H groups in total. The first kappa shape index (κ1) is 22.1. The number of benzene rings is 1. The Morgan fingerprint density at radius 1 is 1.29 bits per heavy atom. The number of hydrogen-bond acceptors (Lipinski definition) is 5. The number of allylic oxidation sites excluding steroid dienone is 1. The van der Waals surface area contributed by atoms with Crippen molar-refractivity contribution < 1.29 is 13.2 Å². The van der Waals surface area contributed by atoms with Gasteiger partial charge in [0.15, 0.2) is 0 Å². The van der Waals surface area contributed by atoms with E-state index in [0.717, 1.165) is 36.8 Å². The van der Waals surface area contributed by atoms with Gasteiger partial charge >= 0.3 is 0 Å². The molecular formula is C20H28N4O3S. The first-order valence-electron chi connectivity index (χ1n) is 9.34. The minimum Gasteiger partial charge on any atom is -0.352 e. The van der Waals surface area contributed by atoms with Crippen molar-refractivity contribution in [1.29, 1.82) is 5.26 Å². The van der Waals surface area contributed by atoms with Crippen LogP contribution < -0.4 is 5.32 Å². The molecular weight excluding hydrogens is 376 g/mol. The van der Waals surface area contributed by atoms with Crippen LogP contribution in [0.4, 0.5) is 0 Å². The normalized spacial score (nSPS) is 15.8. The van der Waals surface area contributed by atoms with Crippen LogP contribution in [0.15, 0.2) is 40.8 Å². The monoisotopic (exact) mass is 404 g/mol. The Labute approximate surface area is 167 Å². The van der Waals surface area contributed by atoms with Crippen molar-refractivity contribution in [2.75, 3.05) is 33.2 Å². The maximum atomic E-state index is 12.6. The van der Waals surface area contributed by atoms with Crippen molar-refractivity contribution in [3.8, 4) is 6.07 Å². The fourth-order valence-electron chi connectivity index (χ4n) is 3.01. The van der Waals surface area contributed by atoms with Gasteiger partial charge in [0.25, 0.3) is 0 Å². The van der Waals surface area contributed by atoms with E-state index in [1.807, 2.05) is 6.07 Å². The van der Waals surface area contributed by atoms with Crippen molar-refractivity contribution in [3.63, 3.8) is 0 Å². The first-order valence-corrected chi connectivity index (χ1v) is 10.8. The molecule has 1 aliphatic rings. The maximum absolute atomic E-state index is 12.6. The van der Waals surface area contributed by atoms with E-state index in [4.69, 9.17) is 5.26 Å². The van der Waals surface area contributed by atoms with E-state index in [1.165, 1.54) is 36.9 Å². The highest BCUT2D eigenvalue weighted by atomic mass is 32.2. The minimum atomic E-state index is -3.78. The molecule has 0 atom stereocenters. The minimum absolute atomic E-state index is 0.0642. The average molecular weight is 405 g/mol. The van der Waals surface area contributed by atoms with E-state index in [2.05, 4.69) is 30.1 Å². The van der Waals surface area contributed by atoms with E-state index in [9.17, 15) is 13.2 Å². The summed E-state index contributed by atoms with van der Waals surface area (Å²) in [6.45, 7) is 6.67. The van der Waals surface area contributed by atoms with Gasteiger partial charge in [0, 0.05) is 32.7 Å². The van der Waals surface area contributed by atoms with Gasteiger partial charge in [0.1, 0.15) is 0 Å². The maximum Gasteiger partial charge on any atom is 0.243 e. The van der Waals surface area contributed by atoms with Gasteiger partial charge in [-0.25, -0.2) is 8.42 Å². The van der Waals surface area contributed by atoms with Crippen molar-refractivity contribution in [2.45, 2.75) is 37.6 Å². The summed E-state index contributed by atoms with van der Waals surface area (Å²) in [6, 6.07) is 7.68. The van der Waals surface area contributed by atoms with Crippen LogP contribution in [0.1, 0.15) is 32.3 Å². The summed E-state index contributed by atoms with van der Waals surface area (Å²) in [5, 5.41) is 11.8. The van der Waals surface area contributed by atoms with Crippen LogP contribution in [-0.2, 0) is 14.8 Å². The Bertz CT molecular complexity index is 844. The number of nitriles is 1. The predicted octanol–water partition coefficient (Wildman–Crippen LogP) is 1.73. The summed E-state index contributed by atoms with van der Waals surface area (Å²) in [7, 11) is -2.39. The zero-order valence-corrected chi connectivity index (χ0v) is 17.5. The smallest absolute Gasteiger partial charge is 0.243 e. The number of amides is 1. The van der Waals surface area contributed by atoms with Crippen LogP contribution in [0.3, 0.4) is 0 Å². The van der Waals surface area contributed by atoms with Crippen molar-refractivity contribution in [1.82, 2.24) is 14.5 Å². The molecule has 0 aromatic heterocycles. The van der Waals surface area contributed by atoms with E-state index in [0.29, 0.717) is 5.56 Å². The molecule has 1 aliphatic heterocycles. The summed E-state index contributed by atoms with van der Waals surface area (Å²) in [5.41, 5.74) is 1.68. The number of likely N-dealkylation sites (N-methyl/N-ethyl adjacent to an activating group) is 1. The zero-order valence-electron chi connectivity index (χ0n) is 16.7. The van der Waals surface area contributed by atoms with Crippen LogP contribution in [-0.4, -0.2) is 62.8 Å². The standard InChI is InChI=1S/C20H28N4O3S/c1-16(2)8-11-24-12-9-18(10-13-24)22-20(25)15-23(3)28(26,27)19-6-4-17(14-21)5-7-19/h4-8,18H,9-13,15H2,1-3H3,(H,22,25). The second-order valence-electron chi connectivity index (χ2n) is 7.32. The molecule has 1 aromatic rings. The van der Waals surface area contributed by atoms with Gasteiger partial charge in [-0.1, -0.05) is 11.6 Å². The topological polar surface area (TPSA) is 93.5 Å². The highest BCUT2D eigenvalue weighted by Crippen LogP contribution is 2.15. The highest BCUT2D eigenvalue weighted by Gasteiger charge is 2.25. The summed E-state index contributed by atoms with van der Waals surface area (Å²) < 4.78 is 26.2. The Hall–Kier alpha value is -2.21. The van der Waals surface area contributed by atoms with E-state index in [-0.39, 0.29) is 23.4 Å². The summed E-state index contributed by atoms with van der Waals surface area (Å²) in [6.07, 6.45) is 3.91. The lowest BCUT2D eigenvalue weighted by Crippen LogP contribution is -2.47. The molecule has 8 heteroatoms. The third kappa shape index (κ3) is 6.16.